The molecule has 0 aromatic heterocycles. The Bertz CT molecular complexity index is 851. The summed E-state index contributed by atoms with van der Waals surface area (Å²) in [6.45, 7) is -0.293. The number of halogens is 1. The molecule has 1 aromatic carbocycles. The van der Waals surface area contributed by atoms with Gasteiger partial charge in [-0.25, -0.2) is 17.1 Å². The molecule has 148 valence electrons. The van der Waals surface area contributed by atoms with Crippen molar-refractivity contribution in [3.63, 3.8) is 0 Å². The van der Waals surface area contributed by atoms with Crippen molar-refractivity contribution >= 4 is 33.3 Å². The van der Waals surface area contributed by atoms with Crippen molar-refractivity contribution in [2.75, 3.05) is 31.3 Å². The number of amides is 1. The van der Waals surface area contributed by atoms with Crippen molar-refractivity contribution < 1.29 is 32.1 Å². The maximum Gasteiger partial charge on any atom is 0.309 e. The maximum absolute atomic E-state index is 13.1. The Balaban J connectivity index is 1.86. The van der Waals surface area contributed by atoms with Crippen LogP contribution in [0.25, 0.3) is 0 Å². The van der Waals surface area contributed by atoms with E-state index >= 15 is 0 Å². The van der Waals surface area contributed by atoms with Gasteiger partial charge in [0.15, 0.2) is 6.61 Å². The van der Waals surface area contributed by atoms with Gasteiger partial charge < -0.3 is 10.1 Å². The van der Waals surface area contributed by atoms with E-state index in [9.17, 15) is 32.5 Å². The third kappa shape index (κ3) is 5.69. The summed E-state index contributed by atoms with van der Waals surface area (Å²) in [5.41, 5.74) is -0.841. The zero-order chi connectivity index (χ0) is 20.2. The van der Waals surface area contributed by atoms with Gasteiger partial charge in [0.05, 0.1) is 23.2 Å². The molecule has 0 atom stereocenters. The Kier molecular flexibility index (Phi) is 6.44. The Hall–Kier alpha value is -2.60. The highest BCUT2D eigenvalue weighted by atomic mass is 32.2. The topological polar surface area (TPSA) is 136 Å². The van der Waals surface area contributed by atoms with E-state index in [-0.39, 0.29) is 31.6 Å². The standard InChI is InChI=1S/C15H18FN3O7S/c1-27(24,25)18-6-4-10(5-7-18)15(21)26-9-14(20)17-12-3-2-11(16)8-13(12)19(22)23/h2-3,8,10H,4-7,9H2,1H3,(H,17,20). The van der Waals surface area contributed by atoms with Gasteiger partial charge >= 0.3 is 5.97 Å². The molecule has 10 nitrogen and oxygen atoms in total. The summed E-state index contributed by atoms with van der Waals surface area (Å²) in [4.78, 5) is 33.9. The molecule has 0 saturated carbocycles. The predicted molar refractivity (Wildman–Crippen MR) is 91.8 cm³/mol. The molecule has 1 amide bonds. The van der Waals surface area contributed by atoms with Crippen LogP contribution in [0.5, 0.6) is 0 Å². The fourth-order valence-corrected chi connectivity index (χ4v) is 3.50. The zero-order valence-electron chi connectivity index (χ0n) is 14.4. The third-order valence-electron chi connectivity index (χ3n) is 4.03. The van der Waals surface area contributed by atoms with Crippen LogP contribution in [0, 0.1) is 21.8 Å². The van der Waals surface area contributed by atoms with E-state index in [2.05, 4.69) is 5.32 Å². The van der Waals surface area contributed by atoms with Crippen LogP contribution in [0.4, 0.5) is 15.8 Å². The lowest BCUT2D eigenvalue weighted by molar-refractivity contribution is -0.384. The second-order valence-electron chi connectivity index (χ2n) is 6.01. The summed E-state index contributed by atoms with van der Waals surface area (Å²) in [7, 11) is -3.31. The molecular weight excluding hydrogens is 385 g/mol. The number of nitrogens with one attached hydrogen (secondary N) is 1. The first-order valence-corrected chi connectivity index (χ1v) is 9.78. The van der Waals surface area contributed by atoms with Crippen LogP contribution in [0.3, 0.4) is 0 Å². The van der Waals surface area contributed by atoms with Gasteiger partial charge in [-0.15, -0.1) is 0 Å². The average molecular weight is 403 g/mol. The second-order valence-corrected chi connectivity index (χ2v) is 7.99. The van der Waals surface area contributed by atoms with E-state index in [1.54, 1.807) is 0 Å². The van der Waals surface area contributed by atoms with Gasteiger partial charge in [0.25, 0.3) is 11.6 Å². The lowest BCUT2D eigenvalue weighted by Gasteiger charge is -2.28. The van der Waals surface area contributed by atoms with Gasteiger partial charge in [0, 0.05) is 13.1 Å². The van der Waals surface area contributed by atoms with Crippen molar-refractivity contribution in [2.45, 2.75) is 12.8 Å². The highest BCUT2D eigenvalue weighted by molar-refractivity contribution is 7.88. The number of ether oxygens (including phenoxy) is 1. The molecule has 0 aliphatic carbocycles. The molecule has 12 heteroatoms. The number of nitrogens with zero attached hydrogens (tertiary/aromatic N) is 2. The van der Waals surface area contributed by atoms with Crippen LogP contribution in [0.15, 0.2) is 18.2 Å². The molecule has 0 bridgehead atoms. The number of sulfonamides is 1. The van der Waals surface area contributed by atoms with E-state index in [4.69, 9.17) is 4.74 Å². The predicted octanol–water partition coefficient (Wildman–Crippen LogP) is 0.887. The van der Waals surface area contributed by atoms with Gasteiger partial charge in [0.1, 0.15) is 11.5 Å². The lowest BCUT2D eigenvalue weighted by Crippen LogP contribution is -2.40. The molecule has 2 rings (SSSR count). The number of anilines is 1. The van der Waals surface area contributed by atoms with Gasteiger partial charge in [-0.05, 0) is 25.0 Å². The summed E-state index contributed by atoms with van der Waals surface area (Å²) >= 11 is 0. The number of esters is 1. The summed E-state index contributed by atoms with van der Waals surface area (Å²) in [6.07, 6.45) is 1.64. The third-order valence-corrected chi connectivity index (χ3v) is 5.34. The van der Waals surface area contributed by atoms with Crippen LogP contribution in [0.2, 0.25) is 0 Å². The summed E-state index contributed by atoms with van der Waals surface area (Å²) < 4.78 is 42.1. The van der Waals surface area contributed by atoms with Crippen LogP contribution in [-0.4, -0.2) is 55.5 Å². The van der Waals surface area contributed by atoms with Crippen LogP contribution >= 0.6 is 0 Å². The molecule has 1 N–H and O–H groups in total. The van der Waals surface area contributed by atoms with Crippen LogP contribution in [0.1, 0.15) is 12.8 Å². The highest BCUT2D eigenvalue weighted by Crippen LogP contribution is 2.25. The number of hydrogen-bond donors (Lipinski definition) is 1. The molecule has 1 aromatic rings. The fraction of sp³-hybridized carbons (Fsp3) is 0.467. The summed E-state index contributed by atoms with van der Waals surface area (Å²) in [5, 5.41) is 13.1. The minimum absolute atomic E-state index is 0.187. The Morgan fingerprint density at radius 3 is 2.56 bits per heavy atom. The molecule has 0 spiro atoms. The van der Waals surface area contributed by atoms with Crippen molar-refractivity contribution in [1.29, 1.82) is 0 Å². The highest BCUT2D eigenvalue weighted by Gasteiger charge is 2.30. The van der Waals surface area contributed by atoms with Gasteiger partial charge in [0.2, 0.25) is 10.0 Å². The average Bonchev–Trinajstić information content (AvgIpc) is 2.60. The molecule has 1 aliphatic heterocycles. The van der Waals surface area contributed by atoms with E-state index in [1.165, 1.54) is 4.31 Å². The van der Waals surface area contributed by atoms with Crippen molar-refractivity contribution in [1.82, 2.24) is 4.31 Å². The number of hydrogen-bond acceptors (Lipinski definition) is 7. The number of carbonyl (C=O) groups is 2. The normalized spacial score (nSPS) is 15.9. The first-order chi connectivity index (χ1) is 12.6. The molecule has 27 heavy (non-hydrogen) atoms. The molecule has 1 saturated heterocycles. The van der Waals surface area contributed by atoms with E-state index < -0.39 is 50.9 Å². The largest absolute Gasteiger partial charge is 0.455 e. The first kappa shape index (κ1) is 20.7. The molecule has 1 aliphatic rings. The molecule has 1 heterocycles. The molecule has 0 unspecified atom stereocenters. The lowest BCUT2D eigenvalue weighted by atomic mass is 9.98. The van der Waals surface area contributed by atoms with E-state index in [0.29, 0.717) is 6.07 Å². The van der Waals surface area contributed by atoms with Crippen LogP contribution in [-0.2, 0) is 24.3 Å². The van der Waals surface area contributed by atoms with Gasteiger partial charge in [-0.1, -0.05) is 0 Å². The second kappa shape index (κ2) is 8.39. The van der Waals surface area contributed by atoms with Crippen molar-refractivity contribution in [3.05, 3.63) is 34.1 Å². The quantitative estimate of drug-likeness (QED) is 0.423. The Morgan fingerprint density at radius 1 is 1.37 bits per heavy atom. The number of nitro groups is 1. The minimum Gasteiger partial charge on any atom is -0.455 e. The smallest absolute Gasteiger partial charge is 0.309 e. The number of piperidine rings is 1. The monoisotopic (exact) mass is 403 g/mol. The van der Waals surface area contributed by atoms with E-state index in [0.717, 1.165) is 18.4 Å². The molecular formula is C15H18FN3O7S. The number of carbonyl (C=O) groups excluding carboxylic acids is 2. The Labute approximate surface area is 154 Å². The first-order valence-electron chi connectivity index (χ1n) is 7.93. The number of benzene rings is 1. The number of nitro benzene ring substituents is 1. The van der Waals surface area contributed by atoms with Gasteiger partial charge in [-0.2, -0.15) is 0 Å². The number of rotatable bonds is 6. The maximum atomic E-state index is 13.1. The molecule has 1 fully saturated rings. The summed E-state index contributed by atoms with van der Waals surface area (Å²) in [6, 6.07) is 2.65. The van der Waals surface area contributed by atoms with E-state index in [1.807, 2.05) is 0 Å². The van der Waals surface area contributed by atoms with Crippen molar-refractivity contribution in [2.24, 2.45) is 5.92 Å². The van der Waals surface area contributed by atoms with Crippen LogP contribution < -0.4 is 5.32 Å². The zero-order valence-corrected chi connectivity index (χ0v) is 15.2. The van der Waals surface area contributed by atoms with Crippen molar-refractivity contribution in [3.8, 4) is 0 Å². The SMILES string of the molecule is CS(=O)(=O)N1CCC(C(=O)OCC(=O)Nc2ccc(F)cc2[N+](=O)[O-])CC1. The molecule has 0 radical (unpaired) electrons. The Morgan fingerprint density at radius 2 is 2.00 bits per heavy atom. The minimum atomic E-state index is -3.31. The fourth-order valence-electron chi connectivity index (χ4n) is 2.63. The van der Waals surface area contributed by atoms with Gasteiger partial charge in [-0.3, -0.25) is 19.7 Å². The summed E-state index contributed by atoms with van der Waals surface area (Å²) in [5.74, 6) is -2.82.